The van der Waals surface area contributed by atoms with Gasteiger partial charge in [-0.1, -0.05) is 194 Å². The molecule has 0 atom stereocenters. The van der Waals surface area contributed by atoms with E-state index in [9.17, 15) is 0 Å². The van der Waals surface area contributed by atoms with Gasteiger partial charge < -0.3 is 8.98 Å². The molecule has 0 unspecified atom stereocenters. The zero-order valence-corrected chi connectivity index (χ0v) is 37.8. The summed E-state index contributed by atoms with van der Waals surface area (Å²) in [5, 5.41) is 9.24. The predicted molar refractivity (Wildman–Crippen MR) is 289 cm³/mol. The smallest absolute Gasteiger partial charge is 0.164 e. The van der Waals surface area contributed by atoms with Crippen LogP contribution in [0.3, 0.4) is 0 Å². The van der Waals surface area contributed by atoms with E-state index in [1.165, 1.54) is 32.7 Å². The highest BCUT2D eigenvalue weighted by molar-refractivity contribution is 6.23. The molecule has 0 aliphatic carbocycles. The van der Waals surface area contributed by atoms with E-state index in [0.29, 0.717) is 17.5 Å². The standard InChI is InChI=1S/C65H40N4O/c1-3-14-41(15-4-1)42-26-28-43(29-27-42)44-30-32-47(33-31-44)64-66-63(46-17-5-2-6-18-46)67-65(68-64)54-36-35-50(69-57-24-12-11-22-52(57)56-38-48-19-7-8-20-49(48)39-58(56)69)40-55(54)53-23-13-25-59-62(53)61-51-21-10-9-16-45(51)34-37-60(61)70-59/h1-40H. The number of furan rings is 1. The molecule has 0 saturated heterocycles. The van der Waals surface area contributed by atoms with Crippen LogP contribution in [-0.4, -0.2) is 19.5 Å². The lowest BCUT2D eigenvalue weighted by atomic mass is 9.93. The van der Waals surface area contributed by atoms with Crippen LogP contribution in [0.5, 0.6) is 0 Å². The molecule has 0 saturated carbocycles. The lowest BCUT2D eigenvalue weighted by Crippen LogP contribution is -2.02. The normalized spacial score (nSPS) is 11.7. The van der Waals surface area contributed by atoms with E-state index < -0.39 is 0 Å². The van der Waals surface area contributed by atoms with Gasteiger partial charge in [0.2, 0.25) is 0 Å². The van der Waals surface area contributed by atoms with E-state index in [-0.39, 0.29) is 0 Å². The molecule has 0 aliphatic rings. The Kier molecular flexibility index (Phi) is 9.14. The van der Waals surface area contributed by atoms with Gasteiger partial charge in [0.15, 0.2) is 17.5 Å². The first kappa shape index (κ1) is 39.7. The first-order valence-electron chi connectivity index (χ1n) is 23.7. The number of rotatable bonds is 7. The zero-order chi connectivity index (χ0) is 46.1. The summed E-state index contributed by atoms with van der Waals surface area (Å²) in [5.74, 6) is 1.77. The molecule has 326 valence electrons. The van der Waals surface area contributed by atoms with Crippen LogP contribution in [0.2, 0.25) is 0 Å². The molecule has 14 rings (SSSR count). The Morgan fingerprint density at radius 3 is 1.54 bits per heavy atom. The maximum absolute atomic E-state index is 6.70. The van der Waals surface area contributed by atoms with Gasteiger partial charge in [0.25, 0.3) is 0 Å². The molecule has 3 aromatic heterocycles. The third-order valence-corrected chi connectivity index (χ3v) is 13.9. The second-order valence-electron chi connectivity index (χ2n) is 17.9. The Labute approximate surface area is 403 Å². The molecule has 0 bridgehead atoms. The minimum atomic E-state index is 0.578. The van der Waals surface area contributed by atoms with Crippen LogP contribution in [0.4, 0.5) is 0 Å². The molecular formula is C65H40N4O. The fraction of sp³-hybridized carbons (Fsp3) is 0. The molecule has 0 aliphatic heterocycles. The van der Waals surface area contributed by atoms with Crippen LogP contribution < -0.4 is 0 Å². The fourth-order valence-electron chi connectivity index (χ4n) is 10.5. The molecule has 0 spiro atoms. The molecule has 0 fully saturated rings. The van der Waals surface area contributed by atoms with Crippen molar-refractivity contribution in [1.29, 1.82) is 0 Å². The van der Waals surface area contributed by atoms with Crippen molar-refractivity contribution in [3.05, 3.63) is 243 Å². The second kappa shape index (κ2) is 16.1. The average molecular weight is 893 g/mol. The van der Waals surface area contributed by atoms with Crippen molar-refractivity contribution in [3.63, 3.8) is 0 Å². The summed E-state index contributed by atoms with van der Waals surface area (Å²) in [6.07, 6.45) is 0. The summed E-state index contributed by atoms with van der Waals surface area (Å²) < 4.78 is 9.10. The maximum Gasteiger partial charge on any atom is 0.164 e. The van der Waals surface area contributed by atoms with Crippen molar-refractivity contribution >= 4 is 65.3 Å². The van der Waals surface area contributed by atoms with Crippen molar-refractivity contribution < 1.29 is 4.42 Å². The first-order valence-corrected chi connectivity index (χ1v) is 23.7. The van der Waals surface area contributed by atoms with Gasteiger partial charge in [0.1, 0.15) is 11.2 Å². The van der Waals surface area contributed by atoms with Crippen LogP contribution in [0.1, 0.15) is 0 Å². The van der Waals surface area contributed by atoms with Gasteiger partial charge in [-0.2, -0.15) is 0 Å². The van der Waals surface area contributed by atoms with E-state index in [4.69, 9.17) is 19.4 Å². The summed E-state index contributed by atoms with van der Waals surface area (Å²) in [6, 6.07) is 85.8. The molecule has 0 amide bonds. The van der Waals surface area contributed by atoms with E-state index in [1.807, 2.05) is 24.3 Å². The van der Waals surface area contributed by atoms with Gasteiger partial charge in [-0.15, -0.1) is 0 Å². The Hall–Kier alpha value is -9.45. The quantitative estimate of drug-likeness (QED) is 0.160. The number of nitrogens with zero attached hydrogens (tertiary/aromatic N) is 4. The van der Waals surface area contributed by atoms with Gasteiger partial charge in [-0.3, -0.25) is 0 Å². The lowest BCUT2D eigenvalue weighted by Gasteiger charge is -2.16. The summed E-state index contributed by atoms with van der Waals surface area (Å²) >= 11 is 0. The molecule has 5 heteroatoms. The van der Waals surface area contributed by atoms with Gasteiger partial charge in [-0.05, 0) is 103 Å². The number of para-hydroxylation sites is 1. The number of fused-ring (bicyclic) bond motifs is 9. The van der Waals surface area contributed by atoms with E-state index in [1.54, 1.807) is 0 Å². The molecule has 11 aromatic carbocycles. The third-order valence-electron chi connectivity index (χ3n) is 13.9. The van der Waals surface area contributed by atoms with E-state index in [2.05, 4.69) is 223 Å². The number of aromatic nitrogens is 4. The number of hydrogen-bond acceptors (Lipinski definition) is 4. The summed E-state index contributed by atoms with van der Waals surface area (Å²) in [5.41, 5.74) is 14.3. The van der Waals surface area contributed by atoms with E-state index >= 15 is 0 Å². The Balaban J connectivity index is 0.995. The monoisotopic (exact) mass is 892 g/mol. The van der Waals surface area contributed by atoms with Crippen LogP contribution in [0.25, 0.3) is 139 Å². The minimum Gasteiger partial charge on any atom is -0.456 e. The Morgan fingerprint density at radius 1 is 0.286 bits per heavy atom. The van der Waals surface area contributed by atoms with Crippen molar-refractivity contribution in [2.45, 2.75) is 0 Å². The summed E-state index contributed by atoms with van der Waals surface area (Å²) in [6.45, 7) is 0. The second-order valence-corrected chi connectivity index (χ2v) is 17.9. The van der Waals surface area contributed by atoms with Gasteiger partial charge in [-0.25, -0.2) is 15.0 Å². The summed E-state index contributed by atoms with van der Waals surface area (Å²) in [4.78, 5) is 15.9. The van der Waals surface area contributed by atoms with Gasteiger partial charge in [0.05, 0.1) is 11.0 Å². The highest BCUT2D eigenvalue weighted by Gasteiger charge is 2.23. The molecule has 5 nitrogen and oxygen atoms in total. The molecule has 0 radical (unpaired) electrons. The van der Waals surface area contributed by atoms with Crippen molar-refractivity contribution in [2.24, 2.45) is 0 Å². The van der Waals surface area contributed by atoms with Crippen LogP contribution in [0, 0.1) is 0 Å². The zero-order valence-electron chi connectivity index (χ0n) is 37.8. The van der Waals surface area contributed by atoms with Gasteiger partial charge in [0, 0.05) is 43.9 Å². The van der Waals surface area contributed by atoms with Crippen LogP contribution in [-0.2, 0) is 0 Å². The third kappa shape index (κ3) is 6.59. The van der Waals surface area contributed by atoms with Crippen molar-refractivity contribution in [3.8, 4) is 73.2 Å². The minimum absolute atomic E-state index is 0.578. The molecule has 0 N–H and O–H groups in total. The maximum atomic E-state index is 6.70. The van der Waals surface area contributed by atoms with Crippen molar-refractivity contribution in [2.75, 3.05) is 0 Å². The highest BCUT2D eigenvalue weighted by Crippen LogP contribution is 2.45. The Morgan fingerprint density at radius 2 is 0.829 bits per heavy atom. The predicted octanol–water partition coefficient (Wildman–Crippen LogP) is 17.2. The van der Waals surface area contributed by atoms with Crippen LogP contribution >= 0.6 is 0 Å². The van der Waals surface area contributed by atoms with E-state index in [0.717, 1.165) is 88.4 Å². The van der Waals surface area contributed by atoms with Gasteiger partial charge >= 0.3 is 0 Å². The average Bonchev–Trinajstić information content (AvgIpc) is 3.99. The topological polar surface area (TPSA) is 56.7 Å². The molecule has 3 heterocycles. The fourth-order valence-corrected chi connectivity index (χ4v) is 10.5. The Bertz CT molecular complexity index is 4330. The largest absolute Gasteiger partial charge is 0.456 e. The highest BCUT2D eigenvalue weighted by atomic mass is 16.3. The SMILES string of the molecule is c1ccc(-c2ccc(-c3ccc(-c4nc(-c5ccccc5)nc(-c5ccc(-n6c7ccccc7c7cc8ccccc8cc76)cc5-c5cccc6oc7ccc8ccccc8c7c56)n4)cc3)cc2)cc1. The van der Waals surface area contributed by atoms with Crippen molar-refractivity contribution in [1.82, 2.24) is 19.5 Å². The first-order chi connectivity index (χ1) is 34.7. The molecule has 70 heavy (non-hydrogen) atoms. The number of benzene rings is 11. The number of hydrogen-bond donors (Lipinski definition) is 0. The molecule has 14 aromatic rings. The van der Waals surface area contributed by atoms with Crippen LogP contribution in [0.15, 0.2) is 247 Å². The summed E-state index contributed by atoms with van der Waals surface area (Å²) in [7, 11) is 0. The lowest BCUT2D eigenvalue weighted by molar-refractivity contribution is 0.669. The molecular weight excluding hydrogens is 853 g/mol.